The van der Waals surface area contributed by atoms with Gasteiger partial charge in [-0.25, -0.2) is 0 Å². The number of hydrogen-bond donors (Lipinski definition) is 0. The maximum absolute atomic E-state index is 2.22. The van der Waals surface area contributed by atoms with Crippen LogP contribution in [0.25, 0.3) is 0 Å². The van der Waals surface area contributed by atoms with Gasteiger partial charge >= 0.3 is 0 Å². The molecule has 0 aromatic rings. The van der Waals surface area contributed by atoms with Crippen LogP contribution in [0.2, 0.25) is 0 Å². The first-order valence-electron chi connectivity index (χ1n) is 3.34. The van der Waals surface area contributed by atoms with Gasteiger partial charge in [0.05, 0.1) is 0 Å². The van der Waals surface area contributed by atoms with Crippen molar-refractivity contribution in [2.24, 2.45) is 0 Å². The molecule has 0 aliphatic carbocycles. The van der Waals surface area contributed by atoms with Crippen LogP contribution in [-0.2, 0) is 0 Å². The van der Waals surface area contributed by atoms with Gasteiger partial charge in [0.1, 0.15) is 0 Å². The maximum atomic E-state index is 2.22. The molecule has 9 heavy (non-hydrogen) atoms. The fourth-order valence-electron chi connectivity index (χ4n) is 0.486. The lowest BCUT2D eigenvalue weighted by Gasteiger charge is -1.87. The summed E-state index contributed by atoms with van der Waals surface area (Å²) < 4.78 is 0. The molecule has 0 N–H and O–H groups in total. The molecule has 0 aliphatic heterocycles. The normalized spacial score (nSPS) is 13.1. The van der Waals surface area contributed by atoms with Crippen LogP contribution in [0.15, 0.2) is 24.3 Å². The Kier molecular flexibility index (Phi) is 7.83. The van der Waals surface area contributed by atoms with Gasteiger partial charge < -0.3 is 0 Å². The van der Waals surface area contributed by atoms with E-state index in [1.165, 1.54) is 12.3 Å². The van der Waals surface area contributed by atoms with Crippen molar-refractivity contribution in [2.75, 3.05) is 12.3 Å². The van der Waals surface area contributed by atoms with E-state index in [2.05, 4.69) is 38.2 Å². The predicted molar refractivity (Wildman–Crippen MR) is 47.7 cm³/mol. The van der Waals surface area contributed by atoms with Gasteiger partial charge in [0.15, 0.2) is 0 Å². The van der Waals surface area contributed by atoms with E-state index in [-0.39, 0.29) is 0 Å². The second-order valence-electron chi connectivity index (χ2n) is 1.80. The highest BCUT2D eigenvalue weighted by atomic mass is 31.1. The Morgan fingerprint density at radius 3 is 1.78 bits per heavy atom. The molecule has 0 bridgehead atoms. The summed E-state index contributed by atoms with van der Waals surface area (Å²) in [4.78, 5) is 0. The molecule has 0 radical (unpaired) electrons. The zero-order valence-corrected chi connectivity index (χ0v) is 7.22. The molecule has 1 heteroatoms. The Labute approximate surface area is 59.8 Å². The summed E-state index contributed by atoms with van der Waals surface area (Å²) in [6.07, 6.45) is 11.2. The average molecular weight is 142 g/mol. The number of rotatable bonds is 4. The van der Waals surface area contributed by atoms with Crippen molar-refractivity contribution in [2.45, 2.75) is 13.8 Å². The molecule has 0 amide bonds. The van der Waals surface area contributed by atoms with Gasteiger partial charge in [-0.05, 0) is 26.2 Å². The van der Waals surface area contributed by atoms with E-state index < -0.39 is 0 Å². The van der Waals surface area contributed by atoms with E-state index in [1.54, 1.807) is 0 Å². The van der Waals surface area contributed by atoms with Crippen LogP contribution in [0.3, 0.4) is 0 Å². The molecule has 0 aliphatic rings. The Balaban J connectivity index is 2.91. The van der Waals surface area contributed by atoms with Crippen molar-refractivity contribution in [3.8, 4) is 0 Å². The third-order valence-electron chi connectivity index (χ3n) is 0.996. The first-order valence-corrected chi connectivity index (χ1v) is 4.76. The van der Waals surface area contributed by atoms with Crippen LogP contribution >= 0.6 is 8.58 Å². The molecule has 0 saturated heterocycles. The maximum Gasteiger partial charge on any atom is -0.0170 e. The van der Waals surface area contributed by atoms with E-state index in [0.717, 1.165) is 8.58 Å². The fourth-order valence-corrected chi connectivity index (χ4v) is 1.46. The third kappa shape index (κ3) is 7.91. The summed E-state index contributed by atoms with van der Waals surface area (Å²) in [6, 6.07) is 0. The summed E-state index contributed by atoms with van der Waals surface area (Å²) >= 11 is 0. The van der Waals surface area contributed by atoms with Crippen LogP contribution in [0.1, 0.15) is 13.8 Å². The summed E-state index contributed by atoms with van der Waals surface area (Å²) in [7, 11) is 1.07. The molecule has 0 spiro atoms. The van der Waals surface area contributed by atoms with Crippen molar-refractivity contribution < 1.29 is 0 Å². The van der Waals surface area contributed by atoms with Crippen molar-refractivity contribution in [3.63, 3.8) is 0 Å². The fraction of sp³-hybridized carbons (Fsp3) is 0.500. The minimum absolute atomic E-state index is 1.07. The molecule has 0 unspecified atom stereocenters. The van der Waals surface area contributed by atoms with Crippen molar-refractivity contribution >= 4 is 8.58 Å². The van der Waals surface area contributed by atoms with E-state index in [1.807, 2.05) is 0 Å². The van der Waals surface area contributed by atoms with Gasteiger partial charge in [0.25, 0.3) is 0 Å². The highest BCUT2D eigenvalue weighted by Crippen LogP contribution is 2.08. The molecule has 0 saturated carbocycles. The number of hydrogen-bond acceptors (Lipinski definition) is 0. The van der Waals surface area contributed by atoms with Gasteiger partial charge in [-0.15, -0.1) is 8.58 Å². The van der Waals surface area contributed by atoms with E-state index in [9.17, 15) is 0 Å². The van der Waals surface area contributed by atoms with Crippen LogP contribution in [0.4, 0.5) is 0 Å². The molecule has 0 heterocycles. The van der Waals surface area contributed by atoms with Gasteiger partial charge in [-0.3, -0.25) is 0 Å². The first kappa shape index (κ1) is 8.91. The van der Waals surface area contributed by atoms with E-state index in [4.69, 9.17) is 0 Å². The Morgan fingerprint density at radius 1 is 1.00 bits per heavy atom. The smallest absolute Gasteiger partial charge is 0.0170 e. The van der Waals surface area contributed by atoms with E-state index in [0.29, 0.717) is 0 Å². The molecular weight excluding hydrogens is 127 g/mol. The topological polar surface area (TPSA) is 0 Å². The monoisotopic (exact) mass is 142 g/mol. The second kappa shape index (κ2) is 7.91. The predicted octanol–water partition coefficient (Wildman–Crippen LogP) is 2.82. The lowest BCUT2D eigenvalue weighted by atomic mass is 10.6. The van der Waals surface area contributed by atoms with Gasteiger partial charge in [-0.2, -0.15) is 0 Å². The molecule has 0 atom stereocenters. The van der Waals surface area contributed by atoms with Gasteiger partial charge in [-0.1, -0.05) is 24.3 Å². The summed E-state index contributed by atoms with van der Waals surface area (Å²) in [5.41, 5.74) is 0. The van der Waals surface area contributed by atoms with Crippen LogP contribution in [0, 0.1) is 0 Å². The Morgan fingerprint density at radius 2 is 1.44 bits per heavy atom. The standard InChI is InChI=1S/C8H15P/c1-3-5-7-9-8-6-4-2/h3-6,9H,7-8H2,1-2H3. The van der Waals surface area contributed by atoms with Crippen LogP contribution < -0.4 is 0 Å². The lowest BCUT2D eigenvalue weighted by Crippen LogP contribution is -1.68. The van der Waals surface area contributed by atoms with Crippen molar-refractivity contribution in [1.29, 1.82) is 0 Å². The zero-order chi connectivity index (χ0) is 6.95. The summed E-state index contributed by atoms with van der Waals surface area (Å²) in [5, 5.41) is 0. The quantitative estimate of drug-likeness (QED) is 0.321. The Bertz CT molecular complexity index is 80.7. The molecule has 0 nitrogen and oxygen atoms in total. The number of allylic oxidation sites excluding steroid dienone is 4. The molecule has 52 valence electrons. The van der Waals surface area contributed by atoms with E-state index >= 15 is 0 Å². The highest BCUT2D eigenvalue weighted by molar-refractivity contribution is 7.38. The molecule has 0 rings (SSSR count). The molecule has 0 aromatic carbocycles. The minimum atomic E-state index is 1.07. The lowest BCUT2D eigenvalue weighted by molar-refractivity contribution is 1.60. The zero-order valence-electron chi connectivity index (χ0n) is 6.22. The third-order valence-corrected chi connectivity index (χ3v) is 2.04. The average Bonchev–Trinajstić information content (AvgIpc) is 1.89. The summed E-state index contributed by atoms with van der Waals surface area (Å²) in [6.45, 7) is 4.14. The largest absolute Gasteiger partial charge is 0.114 e. The Hall–Kier alpha value is -0.0900. The molecule has 0 aromatic heterocycles. The second-order valence-corrected chi connectivity index (χ2v) is 3.11. The summed E-state index contributed by atoms with van der Waals surface area (Å²) in [5.74, 6) is 0. The van der Waals surface area contributed by atoms with Gasteiger partial charge in [0, 0.05) is 0 Å². The molecular formula is C8H15P. The van der Waals surface area contributed by atoms with Crippen molar-refractivity contribution in [1.82, 2.24) is 0 Å². The van der Waals surface area contributed by atoms with Crippen LogP contribution in [0.5, 0.6) is 0 Å². The van der Waals surface area contributed by atoms with Crippen LogP contribution in [-0.4, -0.2) is 12.3 Å². The van der Waals surface area contributed by atoms with Gasteiger partial charge in [0.2, 0.25) is 0 Å². The minimum Gasteiger partial charge on any atom is -0.114 e. The first-order chi connectivity index (χ1) is 4.41. The molecule has 0 fully saturated rings. The highest BCUT2D eigenvalue weighted by Gasteiger charge is 1.75. The SMILES string of the molecule is CC=CCPCC=CC. The van der Waals surface area contributed by atoms with Crippen molar-refractivity contribution in [3.05, 3.63) is 24.3 Å².